The highest BCUT2D eigenvalue weighted by Gasteiger charge is 2.11. The Balaban J connectivity index is 2.33. The van der Waals surface area contributed by atoms with Gasteiger partial charge < -0.3 is 14.2 Å². The molecular formula is C12H12N2O3. The second-order valence-corrected chi connectivity index (χ2v) is 3.16. The Morgan fingerprint density at radius 3 is 2.41 bits per heavy atom. The van der Waals surface area contributed by atoms with Crippen LogP contribution in [0, 0.1) is 0 Å². The van der Waals surface area contributed by atoms with Gasteiger partial charge in [0.15, 0.2) is 11.5 Å². The molecular weight excluding hydrogens is 220 g/mol. The summed E-state index contributed by atoms with van der Waals surface area (Å²) in [7, 11) is 3.13. The van der Waals surface area contributed by atoms with Crippen molar-refractivity contribution in [2.24, 2.45) is 0 Å². The summed E-state index contributed by atoms with van der Waals surface area (Å²) in [5.74, 6) is 2.07. The fraction of sp³-hybridized carbons (Fsp3) is 0.167. The Labute approximate surface area is 99.0 Å². The van der Waals surface area contributed by atoms with Crippen LogP contribution in [-0.2, 0) is 0 Å². The summed E-state index contributed by atoms with van der Waals surface area (Å²) >= 11 is 0. The number of methoxy groups -OCH3 is 2. The van der Waals surface area contributed by atoms with Gasteiger partial charge >= 0.3 is 0 Å². The number of rotatable bonds is 4. The van der Waals surface area contributed by atoms with Gasteiger partial charge in [0.2, 0.25) is 11.6 Å². The predicted molar refractivity (Wildman–Crippen MR) is 61.7 cm³/mol. The third-order valence-corrected chi connectivity index (χ3v) is 2.13. The lowest BCUT2D eigenvalue weighted by Gasteiger charge is -2.12. The van der Waals surface area contributed by atoms with Crippen molar-refractivity contribution >= 4 is 0 Å². The highest BCUT2D eigenvalue weighted by atomic mass is 16.5. The molecule has 0 atom stereocenters. The van der Waals surface area contributed by atoms with Gasteiger partial charge in [0.05, 0.1) is 14.2 Å². The quantitative estimate of drug-likeness (QED) is 0.809. The van der Waals surface area contributed by atoms with E-state index in [2.05, 4.69) is 10.2 Å². The minimum atomic E-state index is 0.402. The summed E-state index contributed by atoms with van der Waals surface area (Å²) in [5.41, 5.74) is 0. The first kappa shape index (κ1) is 11.2. The molecule has 88 valence electrons. The molecule has 5 nitrogen and oxygen atoms in total. The molecule has 2 rings (SSSR count). The maximum absolute atomic E-state index is 5.56. The first-order chi connectivity index (χ1) is 8.35. The van der Waals surface area contributed by atoms with E-state index < -0.39 is 0 Å². The van der Waals surface area contributed by atoms with Gasteiger partial charge in [0, 0.05) is 12.3 Å². The van der Waals surface area contributed by atoms with E-state index in [-0.39, 0.29) is 0 Å². The van der Waals surface area contributed by atoms with Crippen LogP contribution in [0.3, 0.4) is 0 Å². The van der Waals surface area contributed by atoms with E-state index in [0.29, 0.717) is 23.1 Å². The Kier molecular flexibility index (Phi) is 3.40. The third-order valence-electron chi connectivity index (χ3n) is 2.13. The van der Waals surface area contributed by atoms with Gasteiger partial charge in [-0.05, 0) is 18.2 Å². The van der Waals surface area contributed by atoms with Crippen LogP contribution in [0.5, 0.6) is 23.1 Å². The number of aromatic nitrogens is 2. The monoisotopic (exact) mass is 232 g/mol. The van der Waals surface area contributed by atoms with Crippen molar-refractivity contribution in [1.29, 1.82) is 0 Å². The Hall–Kier alpha value is -2.30. The smallest absolute Gasteiger partial charge is 0.239 e. The lowest BCUT2D eigenvalue weighted by molar-refractivity contribution is 0.333. The lowest BCUT2D eigenvalue weighted by atomic mass is 10.3. The van der Waals surface area contributed by atoms with E-state index in [0.717, 1.165) is 0 Å². The van der Waals surface area contributed by atoms with Crippen molar-refractivity contribution in [2.45, 2.75) is 0 Å². The molecule has 1 heterocycles. The summed E-state index contributed by atoms with van der Waals surface area (Å²) in [6.45, 7) is 0. The van der Waals surface area contributed by atoms with Crippen molar-refractivity contribution in [3.63, 3.8) is 0 Å². The van der Waals surface area contributed by atoms with Crippen molar-refractivity contribution in [1.82, 2.24) is 10.2 Å². The molecule has 0 N–H and O–H groups in total. The number of hydrogen-bond donors (Lipinski definition) is 0. The van der Waals surface area contributed by atoms with E-state index >= 15 is 0 Å². The van der Waals surface area contributed by atoms with Crippen LogP contribution in [-0.4, -0.2) is 24.4 Å². The zero-order valence-corrected chi connectivity index (χ0v) is 9.58. The minimum Gasteiger partial charge on any atom is -0.493 e. The van der Waals surface area contributed by atoms with Crippen LogP contribution in [0.1, 0.15) is 0 Å². The van der Waals surface area contributed by atoms with Crippen LogP contribution in [0.25, 0.3) is 0 Å². The second kappa shape index (κ2) is 5.16. The lowest BCUT2D eigenvalue weighted by Crippen LogP contribution is -1.95. The normalized spacial score (nSPS) is 9.76. The van der Waals surface area contributed by atoms with Gasteiger partial charge in [0.1, 0.15) is 0 Å². The topological polar surface area (TPSA) is 53.5 Å². The fourth-order valence-electron chi connectivity index (χ4n) is 1.39. The number of benzene rings is 1. The van der Waals surface area contributed by atoms with Crippen LogP contribution in [0.4, 0.5) is 0 Å². The zero-order valence-electron chi connectivity index (χ0n) is 9.58. The summed E-state index contributed by atoms with van der Waals surface area (Å²) < 4.78 is 16.0. The molecule has 17 heavy (non-hydrogen) atoms. The Bertz CT molecular complexity index is 488. The van der Waals surface area contributed by atoms with E-state index in [1.165, 1.54) is 0 Å². The van der Waals surface area contributed by atoms with E-state index in [9.17, 15) is 0 Å². The molecule has 0 aliphatic heterocycles. The number of ether oxygens (including phenoxy) is 3. The fourth-order valence-corrected chi connectivity index (χ4v) is 1.39. The van der Waals surface area contributed by atoms with Gasteiger partial charge in [0.25, 0.3) is 0 Å². The molecule has 1 aromatic carbocycles. The van der Waals surface area contributed by atoms with Crippen LogP contribution < -0.4 is 14.2 Å². The molecule has 0 amide bonds. The van der Waals surface area contributed by atoms with Crippen molar-refractivity contribution in [3.05, 3.63) is 36.5 Å². The highest BCUT2D eigenvalue weighted by molar-refractivity contribution is 5.52. The first-order valence-corrected chi connectivity index (χ1v) is 5.01. The SMILES string of the molecule is COc1cccc(Oc2cccnn2)c1OC. The maximum atomic E-state index is 5.56. The summed E-state index contributed by atoms with van der Waals surface area (Å²) in [6, 6.07) is 8.84. The van der Waals surface area contributed by atoms with Crippen molar-refractivity contribution < 1.29 is 14.2 Å². The van der Waals surface area contributed by atoms with E-state index in [1.807, 2.05) is 6.07 Å². The van der Waals surface area contributed by atoms with Crippen molar-refractivity contribution in [3.8, 4) is 23.1 Å². The minimum absolute atomic E-state index is 0.402. The maximum Gasteiger partial charge on any atom is 0.239 e. The van der Waals surface area contributed by atoms with Crippen molar-refractivity contribution in [2.75, 3.05) is 14.2 Å². The molecule has 2 aromatic rings. The summed E-state index contributed by atoms with van der Waals surface area (Å²) in [4.78, 5) is 0. The van der Waals surface area contributed by atoms with Crippen LogP contribution in [0.15, 0.2) is 36.5 Å². The van der Waals surface area contributed by atoms with Gasteiger partial charge in [-0.25, -0.2) is 0 Å². The van der Waals surface area contributed by atoms with Gasteiger partial charge in [-0.1, -0.05) is 6.07 Å². The summed E-state index contributed by atoms with van der Waals surface area (Å²) in [5, 5.41) is 7.57. The van der Waals surface area contributed by atoms with Gasteiger partial charge in [-0.3, -0.25) is 0 Å². The molecule has 0 unspecified atom stereocenters. The Morgan fingerprint density at radius 2 is 1.76 bits per heavy atom. The van der Waals surface area contributed by atoms with E-state index in [4.69, 9.17) is 14.2 Å². The summed E-state index contributed by atoms with van der Waals surface area (Å²) in [6.07, 6.45) is 1.58. The van der Waals surface area contributed by atoms with Crippen LogP contribution >= 0.6 is 0 Å². The number of para-hydroxylation sites is 1. The molecule has 0 aliphatic rings. The third kappa shape index (κ3) is 2.44. The Morgan fingerprint density at radius 1 is 0.941 bits per heavy atom. The molecule has 5 heteroatoms. The highest BCUT2D eigenvalue weighted by Crippen LogP contribution is 2.38. The molecule has 0 saturated heterocycles. The number of hydrogen-bond acceptors (Lipinski definition) is 5. The second-order valence-electron chi connectivity index (χ2n) is 3.16. The molecule has 0 aliphatic carbocycles. The largest absolute Gasteiger partial charge is 0.493 e. The van der Waals surface area contributed by atoms with Crippen LogP contribution in [0.2, 0.25) is 0 Å². The zero-order chi connectivity index (χ0) is 12.1. The van der Waals surface area contributed by atoms with Gasteiger partial charge in [-0.15, -0.1) is 5.10 Å². The molecule has 0 spiro atoms. The average molecular weight is 232 g/mol. The standard InChI is InChI=1S/C12H12N2O3/c1-15-9-5-3-6-10(12(9)16-2)17-11-7-4-8-13-14-11/h3-8H,1-2H3. The molecule has 0 fully saturated rings. The van der Waals surface area contributed by atoms with E-state index in [1.54, 1.807) is 44.7 Å². The number of nitrogens with zero attached hydrogens (tertiary/aromatic N) is 2. The first-order valence-electron chi connectivity index (χ1n) is 5.01. The predicted octanol–water partition coefficient (Wildman–Crippen LogP) is 2.29. The molecule has 0 saturated carbocycles. The molecule has 0 radical (unpaired) electrons. The molecule has 1 aromatic heterocycles. The average Bonchev–Trinajstić information content (AvgIpc) is 2.39. The molecule has 0 bridgehead atoms. The van der Waals surface area contributed by atoms with Gasteiger partial charge in [-0.2, -0.15) is 5.10 Å².